The van der Waals surface area contributed by atoms with E-state index in [2.05, 4.69) is 36.5 Å². The third-order valence-corrected chi connectivity index (χ3v) is 4.04. The van der Waals surface area contributed by atoms with Crippen molar-refractivity contribution in [3.05, 3.63) is 59.7 Å². The lowest BCUT2D eigenvalue weighted by atomic mass is 9.98. The summed E-state index contributed by atoms with van der Waals surface area (Å²) in [6.45, 7) is 3.25. The molecule has 0 amide bonds. The van der Waals surface area contributed by atoms with Gasteiger partial charge < -0.3 is 14.8 Å². The van der Waals surface area contributed by atoms with Crippen LogP contribution in [-0.4, -0.2) is 20.8 Å². The Morgan fingerprint density at radius 2 is 1.43 bits per heavy atom. The number of hydrogen-bond donors (Lipinski definition) is 1. The number of methoxy groups -OCH3 is 2. The third kappa shape index (κ3) is 5.29. The molecule has 23 heavy (non-hydrogen) atoms. The van der Waals surface area contributed by atoms with Crippen LogP contribution in [0.3, 0.4) is 0 Å². The second-order valence-corrected chi connectivity index (χ2v) is 5.69. The average Bonchev–Trinajstić information content (AvgIpc) is 2.62. The van der Waals surface area contributed by atoms with Crippen molar-refractivity contribution in [1.29, 1.82) is 0 Å². The SMILES string of the molecule is CCCCNC(Cc1ccc(OC)cc1)c1ccc(OC)cc1. The Balaban J connectivity index is 2.11. The maximum atomic E-state index is 5.26. The molecule has 0 aliphatic heterocycles. The van der Waals surface area contributed by atoms with E-state index in [9.17, 15) is 0 Å². The lowest BCUT2D eigenvalue weighted by Crippen LogP contribution is -2.24. The minimum Gasteiger partial charge on any atom is -0.497 e. The normalized spacial score (nSPS) is 12.0. The van der Waals surface area contributed by atoms with Crippen LogP contribution in [0.15, 0.2) is 48.5 Å². The minimum atomic E-state index is 0.306. The summed E-state index contributed by atoms with van der Waals surface area (Å²) >= 11 is 0. The fourth-order valence-corrected chi connectivity index (χ4v) is 2.59. The molecular weight excluding hydrogens is 286 g/mol. The van der Waals surface area contributed by atoms with Gasteiger partial charge in [-0.05, 0) is 54.8 Å². The highest BCUT2D eigenvalue weighted by Gasteiger charge is 2.12. The Morgan fingerprint density at radius 1 is 0.870 bits per heavy atom. The minimum absolute atomic E-state index is 0.306. The van der Waals surface area contributed by atoms with Crippen LogP contribution in [0.25, 0.3) is 0 Å². The molecule has 0 bridgehead atoms. The van der Waals surface area contributed by atoms with Gasteiger partial charge in [0.05, 0.1) is 14.2 Å². The summed E-state index contributed by atoms with van der Waals surface area (Å²) in [5.74, 6) is 1.79. The largest absolute Gasteiger partial charge is 0.497 e. The van der Waals surface area contributed by atoms with E-state index in [1.54, 1.807) is 14.2 Å². The van der Waals surface area contributed by atoms with Gasteiger partial charge in [-0.3, -0.25) is 0 Å². The van der Waals surface area contributed by atoms with E-state index in [0.29, 0.717) is 6.04 Å². The first-order valence-corrected chi connectivity index (χ1v) is 8.27. The summed E-state index contributed by atoms with van der Waals surface area (Å²) in [6, 6.07) is 17.0. The van der Waals surface area contributed by atoms with E-state index >= 15 is 0 Å². The van der Waals surface area contributed by atoms with Crippen LogP contribution in [0.4, 0.5) is 0 Å². The summed E-state index contributed by atoms with van der Waals surface area (Å²) in [7, 11) is 3.39. The molecule has 0 aromatic heterocycles. The maximum Gasteiger partial charge on any atom is 0.118 e. The Morgan fingerprint density at radius 3 is 1.96 bits per heavy atom. The zero-order chi connectivity index (χ0) is 16.5. The van der Waals surface area contributed by atoms with Gasteiger partial charge in [-0.1, -0.05) is 37.6 Å². The summed E-state index contributed by atoms with van der Waals surface area (Å²) in [5, 5.41) is 3.68. The Bertz CT molecular complexity index is 563. The van der Waals surface area contributed by atoms with Crippen molar-refractivity contribution < 1.29 is 9.47 Å². The topological polar surface area (TPSA) is 30.5 Å². The number of hydrogen-bond acceptors (Lipinski definition) is 3. The molecule has 1 atom stereocenters. The van der Waals surface area contributed by atoms with Crippen LogP contribution in [-0.2, 0) is 6.42 Å². The van der Waals surface area contributed by atoms with Gasteiger partial charge in [0.2, 0.25) is 0 Å². The van der Waals surface area contributed by atoms with Gasteiger partial charge in [-0.2, -0.15) is 0 Å². The van der Waals surface area contributed by atoms with Crippen molar-refractivity contribution in [2.24, 2.45) is 0 Å². The van der Waals surface area contributed by atoms with Gasteiger partial charge >= 0.3 is 0 Å². The van der Waals surface area contributed by atoms with Crippen molar-refractivity contribution in [3.8, 4) is 11.5 Å². The smallest absolute Gasteiger partial charge is 0.118 e. The van der Waals surface area contributed by atoms with Crippen LogP contribution < -0.4 is 14.8 Å². The molecule has 124 valence electrons. The van der Waals surface area contributed by atoms with Gasteiger partial charge in [0.15, 0.2) is 0 Å². The highest BCUT2D eigenvalue weighted by atomic mass is 16.5. The fraction of sp³-hybridized carbons (Fsp3) is 0.400. The lowest BCUT2D eigenvalue weighted by molar-refractivity contribution is 0.413. The van der Waals surface area contributed by atoms with E-state index in [0.717, 1.165) is 24.5 Å². The van der Waals surface area contributed by atoms with Crippen LogP contribution in [0.2, 0.25) is 0 Å². The molecule has 0 saturated carbocycles. The Labute approximate surface area is 139 Å². The maximum absolute atomic E-state index is 5.26. The van der Waals surface area contributed by atoms with Crippen molar-refractivity contribution in [3.63, 3.8) is 0 Å². The van der Waals surface area contributed by atoms with E-state index in [1.807, 2.05) is 24.3 Å². The molecule has 0 fully saturated rings. The van der Waals surface area contributed by atoms with Crippen LogP contribution in [0.1, 0.15) is 36.9 Å². The summed E-state index contributed by atoms with van der Waals surface area (Å²) < 4.78 is 10.5. The summed E-state index contributed by atoms with van der Waals surface area (Å²) in [6.07, 6.45) is 3.35. The van der Waals surface area contributed by atoms with E-state index in [1.165, 1.54) is 24.0 Å². The van der Waals surface area contributed by atoms with Gasteiger partial charge in [-0.15, -0.1) is 0 Å². The van der Waals surface area contributed by atoms with E-state index in [-0.39, 0.29) is 0 Å². The number of rotatable bonds is 9. The van der Waals surface area contributed by atoms with Crippen molar-refractivity contribution in [2.75, 3.05) is 20.8 Å². The molecule has 2 rings (SSSR count). The van der Waals surface area contributed by atoms with Crippen molar-refractivity contribution in [1.82, 2.24) is 5.32 Å². The standard InChI is InChI=1S/C20H27NO2/c1-4-5-14-21-20(17-8-12-19(23-3)13-9-17)15-16-6-10-18(22-2)11-7-16/h6-13,20-21H,4-5,14-15H2,1-3H3. The first-order chi connectivity index (χ1) is 11.3. The quantitative estimate of drug-likeness (QED) is 0.697. The van der Waals surface area contributed by atoms with Gasteiger partial charge in [0, 0.05) is 6.04 Å². The van der Waals surface area contributed by atoms with Crippen molar-refractivity contribution in [2.45, 2.75) is 32.2 Å². The molecule has 0 spiro atoms. The fourth-order valence-electron chi connectivity index (χ4n) is 2.59. The van der Waals surface area contributed by atoms with Gasteiger partial charge in [-0.25, -0.2) is 0 Å². The summed E-state index contributed by atoms with van der Waals surface area (Å²) in [5.41, 5.74) is 2.59. The molecule has 0 heterocycles. The average molecular weight is 313 g/mol. The number of nitrogens with one attached hydrogen (secondary N) is 1. The van der Waals surface area contributed by atoms with Crippen LogP contribution in [0.5, 0.6) is 11.5 Å². The van der Waals surface area contributed by atoms with Crippen LogP contribution in [0, 0.1) is 0 Å². The first-order valence-electron chi connectivity index (χ1n) is 8.27. The van der Waals surface area contributed by atoms with Gasteiger partial charge in [0.1, 0.15) is 11.5 Å². The van der Waals surface area contributed by atoms with Gasteiger partial charge in [0.25, 0.3) is 0 Å². The molecule has 1 unspecified atom stereocenters. The predicted octanol–water partition coefficient (Wildman–Crippen LogP) is 4.38. The number of ether oxygens (including phenoxy) is 2. The summed E-state index contributed by atoms with van der Waals surface area (Å²) in [4.78, 5) is 0. The Hall–Kier alpha value is -2.00. The second kappa shape index (κ2) is 9.21. The predicted molar refractivity (Wildman–Crippen MR) is 95.3 cm³/mol. The molecule has 0 aliphatic rings. The monoisotopic (exact) mass is 313 g/mol. The second-order valence-electron chi connectivity index (χ2n) is 5.69. The first kappa shape index (κ1) is 17.4. The third-order valence-electron chi connectivity index (χ3n) is 4.04. The molecular formula is C20H27NO2. The van der Waals surface area contributed by atoms with E-state index in [4.69, 9.17) is 9.47 Å². The molecule has 0 saturated heterocycles. The molecule has 3 heteroatoms. The zero-order valence-electron chi connectivity index (χ0n) is 14.3. The number of benzene rings is 2. The highest BCUT2D eigenvalue weighted by molar-refractivity contribution is 5.32. The van der Waals surface area contributed by atoms with Crippen molar-refractivity contribution >= 4 is 0 Å². The molecule has 0 aliphatic carbocycles. The van der Waals surface area contributed by atoms with Crippen LogP contribution >= 0.6 is 0 Å². The lowest BCUT2D eigenvalue weighted by Gasteiger charge is -2.20. The zero-order valence-corrected chi connectivity index (χ0v) is 14.3. The molecule has 0 radical (unpaired) electrons. The molecule has 2 aromatic carbocycles. The highest BCUT2D eigenvalue weighted by Crippen LogP contribution is 2.22. The molecule has 2 aromatic rings. The number of unbranched alkanes of at least 4 members (excludes halogenated alkanes) is 1. The van der Waals surface area contributed by atoms with E-state index < -0.39 is 0 Å². The molecule has 3 nitrogen and oxygen atoms in total. The Kier molecular flexibility index (Phi) is 6.95. The molecule has 1 N–H and O–H groups in total.